The lowest BCUT2D eigenvalue weighted by atomic mass is 10.0. The van der Waals surface area contributed by atoms with Crippen molar-refractivity contribution in [3.8, 4) is 5.75 Å². The smallest absolute Gasteiger partial charge is 0.416 e. The van der Waals surface area contributed by atoms with Crippen LogP contribution in [0, 0.1) is 6.92 Å². The maximum Gasteiger partial charge on any atom is 0.440 e. The normalized spacial score (nSPS) is 13.2. The van der Waals surface area contributed by atoms with Gasteiger partial charge in [-0.2, -0.15) is 0 Å². The molecule has 2 aromatic rings. The standard InChI is InChI=1S/C19H23O4PS/c1-4-13-25-24(21,22-5-2)23-18-12-11-15(3)14-17(18)19(20)16-9-7-6-8-10-16/h6-12,14H,4-5,13H2,1-3H3. The number of carbonyl (C=O) groups is 1. The third-order valence-corrected chi connectivity index (χ3v) is 7.30. The van der Waals surface area contributed by atoms with E-state index >= 15 is 0 Å². The SMILES string of the molecule is CCCSP(=O)(OCC)Oc1ccc(C)cc1C(=O)c1ccccc1. The van der Waals surface area contributed by atoms with Gasteiger partial charge in [-0.3, -0.25) is 9.32 Å². The predicted molar refractivity (Wildman–Crippen MR) is 104 cm³/mol. The van der Waals surface area contributed by atoms with Crippen LogP contribution in [0.1, 0.15) is 41.8 Å². The Labute approximate surface area is 153 Å². The second kappa shape index (κ2) is 9.23. The van der Waals surface area contributed by atoms with Gasteiger partial charge in [0.05, 0.1) is 12.2 Å². The first-order valence-corrected chi connectivity index (χ1v) is 11.4. The van der Waals surface area contributed by atoms with Gasteiger partial charge in [0.2, 0.25) is 0 Å². The molecule has 0 aliphatic carbocycles. The minimum Gasteiger partial charge on any atom is -0.416 e. The van der Waals surface area contributed by atoms with Crippen LogP contribution >= 0.6 is 18.2 Å². The second-order valence-corrected chi connectivity index (χ2v) is 9.60. The molecule has 0 aromatic heterocycles. The molecule has 134 valence electrons. The van der Waals surface area contributed by atoms with Gasteiger partial charge in [-0.15, -0.1) is 0 Å². The van der Waals surface area contributed by atoms with Crippen molar-refractivity contribution in [3.05, 3.63) is 65.2 Å². The molecule has 2 rings (SSSR count). The third-order valence-electron chi connectivity index (χ3n) is 3.37. The fourth-order valence-electron chi connectivity index (χ4n) is 2.22. The third kappa shape index (κ3) is 5.46. The van der Waals surface area contributed by atoms with E-state index in [-0.39, 0.29) is 12.4 Å². The topological polar surface area (TPSA) is 52.6 Å². The molecule has 0 saturated carbocycles. The zero-order chi connectivity index (χ0) is 18.3. The first-order valence-electron chi connectivity index (χ1n) is 8.28. The molecule has 0 heterocycles. The highest BCUT2D eigenvalue weighted by molar-refractivity contribution is 8.55. The first kappa shape index (κ1) is 19.8. The average molecular weight is 378 g/mol. The molecule has 4 nitrogen and oxygen atoms in total. The Kier molecular flexibility index (Phi) is 7.30. The number of hydrogen-bond acceptors (Lipinski definition) is 5. The quantitative estimate of drug-likeness (QED) is 0.402. The largest absolute Gasteiger partial charge is 0.440 e. The molecule has 0 radical (unpaired) electrons. The molecule has 0 spiro atoms. The molecular weight excluding hydrogens is 355 g/mol. The zero-order valence-corrected chi connectivity index (χ0v) is 16.4. The van der Waals surface area contributed by atoms with E-state index < -0.39 is 6.80 Å². The predicted octanol–water partition coefficient (Wildman–Crippen LogP) is 5.89. The van der Waals surface area contributed by atoms with Gasteiger partial charge in [-0.1, -0.05) is 48.9 Å². The van der Waals surface area contributed by atoms with Gasteiger partial charge < -0.3 is 4.52 Å². The lowest BCUT2D eigenvalue weighted by Gasteiger charge is -2.19. The molecular formula is C19H23O4PS. The lowest BCUT2D eigenvalue weighted by molar-refractivity contribution is 0.103. The van der Waals surface area contributed by atoms with Crippen molar-refractivity contribution in [3.63, 3.8) is 0 Å². The summed E-state index contributed by atoms with van der Waals surface area (Å²) < 4.78 is 24.1. The van der Waals surface area contributed by atoms with Gasteiger partial charge in [0.1, 0.15) is 5.75 Å². The Balaban J connectivity index is 2.38. The van der Waals surface area contributed by atoms with E-state index in [1.165, 1.54) is 0 Å². The Morgan fingerprint density at radius 3 is 2.48 bits per heavy atom. The summed E-state index contributed by atoms with van der Waals surface area (Å²) in [7, 11) is 0. The van der Waals surface area contributed by atoms with Crippen molar-refractivity contribution in [2.45, 2.75) is 27.2 Å². The molecule has 0 fully saturated rings. The molecule has 2 aromatic carbocycles. The van der Waals surface area contributed by atoms with Crippen LogP contribution in [0.25, 0.3) is 0 Å². The van der Waals surface area contributed by atoms with Crippen LogP contribution in [0.15, 0.2) is 48.5 Å². The second-order valence-electron chi connectivity index (χ2n) is 5.48. The average Bonchev–Trinajstić information content (AvgIpc) is 2.62. The Morgan fingerprint density at radius 2 is 1.84 bits per heavy atom. The van der Waals surface area contributed by atoms with Crippen molar-refractivity contribution < 1.29 is 18.4 Å². The number of ketones is 1. The molecule has 0 bridgehead atoms. The van der Waals surface area contributed by atoms with E-state index in [2.05, 4.69) is 0 Å². The highest BCUT2D eigenvalue weighted by Crippen LogP contribution is 2.60. The minimum absolute atomic E-state index is 0.164. The molecule has 6 heteroatoms. The summed E-state index contributed by atoms with van der Waals surface area (Å²) in [5, 5.41) is 0. The van der Waals surface area contributed by atoms with E-state index in [0.717, 1.165) is 23.4 Å². The van der Waals surface area contributed by atoms with E-state index in [4.69, 9.17) is 9.05 Å². The molecule has 1 unspecified atom stereocenters. The molecule has 25 heavy (non-hydrogen) atoms. The number of benzene rings is 2. The minimum atomic E-state index is -3.37. The number of aryl methyl sites for hydroxylation is 1. The van der Waals surface area contributed by atoms with Gasteiger partial charge in [0, 0.05) is 11.3 Å². The highest BCUT2D eigenvalue weighted by Gasteiger charge is 2.29. The monoisotopic (exact) mass is 378 g/mol. The summed E-state index contributed by atoms with van der Waals surface area (Å²) in [4.78, 5) is 12.9. The van der Waals surface area contributed by atoms with Gasteiger partial charge >= 0.3 is 6.80 Å². The Morgan fingerprint density at radius 1 is 1.12 bits per heavy atom. The summed E-state index contributed by atoms with van der Waals surface area (Å²) in [5.74, 6) is 0.785. The van der Waals surface area contributed by atoms with E-state index in [9.17, 15) is 9.36 Å². The van der Waals surface area contributed by atoms with E-state index in [1.54, 1.807) is 31.2 Å². The first-order chi connectivity index (χ1) is 12.0. The van der Waals surface area contributed by atoms with Crippen molar-refractivity contribution in [2.75, 3.05) is 12.4 Å². The van der Waals surface area contributed by atoms with Crippen LogP contribution in [-0.2, 0) is 9.09 Å². The molecule has 0 amide bonds. The van der Waals surface area contributed by atoms with Crippen molar-refractivity contribution in [1.82, 2.24) is 0 Å². The molecule has 0 aliphatic rings. The van der Waals surface area contributed by atoms with Crippen molar-refractivity contribution >= 4 is 24.0 Å². The Bertz CT molecular complexity index is 761. The maximum atomic E-state index is 12.9. The van der Waals surface area contributed by atoms with Gasteiger partial charge in [0.25, 0.3) is 0 Å². The van der Waals surface area contributed by atoms with Crippen molar-refractivity contribution in [2.24, 2.45) is 0 Å². The Hall–Kier alpha value is -1.55. The maximum absolute atomic E-state index is 12.9. The summed E-state index contributed by atoms with van der Waals surface area (Å²) in [6.45, 7) is 2.59. The fourth-order valence-corrected chi connectivity index (χ4v) is 5.68. The molecule has 0 N–H and O–H groups in total. The van der Waals surface area contributed by atoms with Gasteiger partial charge in [-0.25, -0.2) is 4.57 Å². The number of hydrogen-bond donors (Lipinski definition) is 0. The molecule has 1 atom stereocenters. The lowest BCUT2D eigenvalue weighted by Crippen LogP contribution is -2.06. The van der Waals surface area contributed by atoms with Gasteiger partial charge in [0.15, 0.2) is 5.78 Å². The summed E-state index contributed by atoms with van der Waals surface area (Å²) in [6, 6.07) is 14.3. The summed E-state index contributed by atoms with van der Waals surface area (Å²) >= 11 is 1.16. The van der Waals surface area contributed by atoms with Crippen LogP contribution in [0.3, 0.4) is 0 Å². The van der Waals surface area contributed by atoms with Crippen LogP contribution in [0.4, 0.5) is 0 Å². The van der Waals surface area contributed by atoms with E-state index in [0.29, 0.717) is 22.6 Å². The summed E-state index contributed by atoms with van der Waals surface area (Å²) in [6.07, 6.45) is 0.856. The summed E-state index contributed by atoms with van der Waals surface area (Å²) in [5.41, 5.74) is 1.88. The number of rotatable bonds is 9. The molecule has 0 aliphatic heterocycles. The fraction of sp³-hybridized carbons (Fsp3) is 0.316. The molecule has 0 saturated heterocycles. The van der Waals surface area contributed by atoms with Crippen LogP contribution < -0.4 is 4.52 Å². The number of carbonyl (C=O) groups excluding carboxylic acids is 1. The van der Waals surface area contributed by atoms with Crippen molar-refractivity contribution in [1.29, 1.82) is 0 Å². The zero-order valence-electron chi connectivity index (χ0n) is 14.7. The van der Waals surface area contributed by atoms with Crippen LogP contribution in [0.2, 0.25) is 0 Å². The van der Waals surface area contributed by atoms with Crippen LogP contribution in [0.5, 0.6) is 5.75 Å². The van der Waals surface area contributed by atoms with E-state index in [1.807, 2.05) is 38.1 Å². The highest BCUT2D eigenvalue weighted by atomic mass is 32.7. The van der Waals surface area contributed by atoms with Crippen LogP contribution in [-0.4, -0.2) is 18.1 Å². The van der Waals surface area contributed by atoms with Gasteiger partial charge in [-0.05, 0) is 43.8 Å².